The van der Waals surface area contributed by atoms with Gasteiger partial charge < -0.3 is 23.2 Å². The Morgan fingerprint density at radius 3 is 2.67 bits per heavy atom. The zero-order valence-electron chi connectivity index (χ0n) is 6.79. The highest BCUT2D eigenvalue weighted by atomic mass is 35.5. The zero-order valence-corrected chi connectivity index (χ0v) is 7.55. The van der Waals surface area contributed by atoms with Gasteiger partial charge in [0, 0.05) is 0 Å². The Labute approximate surface area is 78.0 Å². The minimum atomic E-state index is -0.918. The van der Waals surface area contributed by atoms with Gasteiger partial charge in [0.25, 0.3) is 0 Å². The van der Waals surface area contributed by atoms with Gasteiger partial charge in [-0.05, 0) is 31.3 Å². The van der Waals surface area contributed by atoms with Crippen molar-refractivity contribution in [1.82, 2.24) is 0 Å². The van der Waals surface area contributed by atoms with E-state index >= 15 is 0 Å². The highest BCUT2D eigenvalue weighted by molar-refractivity contribution is 5.77. The molecule has 0 radical (unpaired) electrons. The SMILES string of the molecule is NC(C(=O)O)C1=CCCCC1.[Cl-]. The number of carbonyl (C=O) groups is 1. The topological polar surface area (TPSA) is 63.3 Å². The van der Waals surface area contributed by atoms with Gasteiger partial charge >= 0.3 is 5.97 Å². The highest BCUT2D eigenvalue weighted by Crippen LogP contribution is 2.19. The number of hydrogen-bond donors (Lipinski definition) is 2. The van der Waals surface area contributed by atoms with E-state index in [0.29, 0.717) is 0 Å². The van der Waals surface area contributed by atoms with Crippen LogP contribution in [-0.4, -0.2) is 17.1 Å². The molecular weight excluding hydrogens is 178 g/mol. The summed E-state index contributed by atoms with van der Waals surface area (Å²) in [5.74, 6) is -0.918. The third-order valence-electron chi connectivity index (χ3n) is 1.99. The quantitative estimate of drug-likeness (QED) is 0.491. The first-order valence-corrected chi connectivity index (χ1v) is 3.89. The molecule has 0 heterocycles. The van der Waals surface area contributed by atoms with E-state index in [-0.39, 0.29) is 12.4 Å². The maximum atomic E-state index is 10.4. The number of halogens is 1. The summed E-state index contributed by atoms with van der Waals surface area (Å²) in [5, 5.41) is 8.57. The molecule has 1 atom stereocenters. The molecule has 0 saturated heterocycles. The van der Waals surface area contributed by atoms with Gasteiger partial charge in [0.2, 0.25) is 0 Å². The summed E-state index contributed by atoms with van der Waals surface area (Å²) in [6.07, 6.45) is 6.04. The minimum Gasteiger partial charge on any atom is -1.00 e. The molecule has 0 bridgehead atoms. The van der Waals surface area contributed by atoms with E-state index < -0.39 is 12.0 Å². The molecule has 1 aliphatic rings. The molecule has 0 spiro atoms. The fourth-order valence-corrected chi connectivity index (χ4v) is 1.30. The van der Waals surface area contributed by atoms with Crippen LogP contribution in [0.4, 0.5) is 0 Å². The molecule has 1 aliphatic carbocycles. The van der Waals surface area contributed by atoms with Gasteiger partial charge in [0.1, 0.15) is 6.04 Å². The maximum Gasteiger partial charge on any atom is 0.324 e. The lowest BCUT2D eigenvalue weighted by molar-refractivity contribution is -0.137. The summed E-state index contributed by atoms with van der Waals surface area (Å²) in [6.45, 7) is 0. The van der Waals surface area contributed by atoms with Crippen molar-refractivity contribution in [2.24, 2.45) is 5.73 Å². The lowest BCUT2D eigenvalue weighted by Gasteiger charge is -2.15. The molecule has 1 rings (SSSR count). The molecule has 0 aromatic carbocycles. The van der Waals surface area contributed by atoms with Gasteiger partial charge in [-0.2, -0.15) is 0 Å². The number of aliphatic carboxylic acids is 1. The second-order valence-corrected chi connectivity index (χ2v) is 2.84. The van der Waals surface area contributed by atoms with E-state index in [4.69, 9.17) is 10.8 Å². The fraction of sp³-hybridized carbons (Fsp3) is 0.625. The third-order valence-corrected chi connectivity index (χ3v) is 1.99. The molecule has 0 aromatic rings. The zero-order chi connectivity index (χ0) is 8.27. The Kier molecular flexibility index (Phi) is 4.93. The van der Waals surface area contributed by atoms with Crippen LogP contribution in [0.5, 0.6) is 0 Å². The standard InChI is InChI=1S/C8H13NO2.ClH/c9-7(8(10)11)6-4-2-1-3-5-6;/h4,7H,1-3,5,9H2,(H,10,11);1H/p-1. The monoisotopic (exact) mass is 190 g/mol. The number of rotatable bonds is 2. The smallest absolute Gasteiger partial charge is 0.324 e. The molecule has 70 valence electrons. The van der Waals surface area contributed by atoms with Crippen molar-refractivity contribution in [2.75, 3.05) is 0 Å². The summed E-state index contributed by atoms with van der Waals surface area (Å²) in [5.41, 5.74) is 6.32. The van der Waals surface area contributed by atoms with Crippen LogP contribution in [0.1, 0.15) is 25.7 Å². The van der Waals surface area contributed by atoms with Crippen molar-refractivity contribution in [3.05, 3.63) is 11.6 Å². The number of carboxylic acid groups (broad SMARTS) is 1. The summed E-state index contributed by atoms with van der Waals surface area (Å²) in [7, 11) is 0. The number of hydrogen-bond acceptors (Lipinski definition) is 2. The van der Waals surface area contributed by atoms with Gasteiger partial charge in [-0.1, -0.05) is 6.08 Å². The highest BCUT2D eigenvalue weighted by Gasteiger charge is 2.17. The van der Waals surface area contributed by atoms with Gasteiger partial charge in [-0.3, -0.25) is 4.79 Å². The number of allylic oxidation sites excluding steroid dienone is 1. The first kappa shape index (κ1) is 11.5. The van der Waals surface area contributed by atoms with Crippen molar-refractivity contribution in [3.63, 3.8) is 0 Å². The summed E-state index contributed by atoms with van der Waals surface area (Å²) in [4.78, 5) is 10.4. The summed E-state index contributed by atoms with van der Waals surface area (Å²) >= 11 is 0. The maximum absolute atomic E-state index is 10.4. The molecule has 0 amide bonds. The van der Waals surface area contributed by atoms with Crippen LogP contribution in [0.25, 0.3) is 0 Å². The van der Waals surface area contributed by atoms with Crippen LogP contribution in [-0.2, 0) is 4.79 Å². The molecule has 4 heteroatoms. The predicted octanol–water partition coefficient (Wildman–Crippen LogP) is -2.10. The van der Waals surface area contributed by atoms with Gasteiger partial charge in [-0.15, -0.1) is 0 Å². The van der Waals surface area contributed by atoms with Crippen LogP contribution >= 0.6 is 0 Å². The van der Waals surface area contributed by atoms with Crippen molar-refractivity contribution < 1.29 is 22.3 Å². The van der Waals surface area contributed by atoms with Gasteiger partial charge in [0.05, 0.1) is 0 Å². The van der Waals surface area contributed by atoms with E-state index in [2.05, 4.69) is 0 Å². The van der Waals surface area contributed by atoms with Crippen molar-refractivity contribution >= 4 is 5.97 Å². The molecular formula is C8H13ClNO2-. The molecule has 12 heavy (non-hydrogen) atoms. The average Bonchev–Trinajstić information content (AvgIpc) is 2.05. The Hall–Kier alpha value is -0.540. The van der Waals surface area contributed by atoms with Gasteiger partial charge in [-0.25, -0.2) is 0 Å². The van der Waals surface area contributed by atoms with E-state index in [1.807, 2.05) is 6.08 Å². The Morgan fingerprint density at radius 1 is 1.58 bits per heavy atom. The number of carboxylic acids is 1. The molecule has 0 aromatic heterocycles. The minimum absolute atomic E-state index is 0. The Balaban J connectivity index is 0.00000121. The second-order valence-electron chi connectivity index (χ2n) is 2.84. The molecule has 1 unspecified atom stereocenters. The Bertz CT molecular complexity index is 191. The van der Waals surface area contributed by atoms with E-state index in [1.54, 1.807) is 0 Å². The summed E-state index contributed by atoms with van der Waals surface area (Å²) < 4.78 is 0. The second kappa shape index (κ2) is 5.17. The molecule has 0 aliphatic heterocycles. The molecule has 3 nitrogen and oxygen atoms in total. The predicted molar refractivity (Wildman–Crippen MR) is 42.2 cm³/mol. The lowest BCUT2D eigenvalue weighted by atomic mass is 9.94. The van der Waals surface area contributed by atoms with Crippen LogP contribution in [0, 0.1) is 0 Å². The van der Waals surface area contributed by atoms with Crippen molar-refractivity contribution in [1.29, 1.82) is 0 Å². The molecule has 0 fully saturated rings. The summed E-state index contributed by atoms with van der Waals surface area (Å²) in [6, 6.07) is -0.768. The molecule has 0 saturated carbocycles. The Morgan fingerprint density at radius 2 is 2.25 bits per heavy atom. The third kappa shape index (κ3) is 2.83. The number of nitrogens with two attached hydrogens (primary N) is 1. The van der Waals surface area contributed by atoms with Crippen LogP contribution in [0.2, 0.25) is 0 Å². The van der Waals surface area contributed by atoms with Crippen molar-refractivity contribution in [2.45, 2.75) is 31.7 Å². The van der Waals surface area contributed by atoms with Crippen LogP contribution in [0.15, 0.2) is 11.6 Å². The van der Waals surface area contributed by atoms with Crippen LogP contribution < -0.4 is 18.1 Å². The largest absolute Gasteiger partial charge is 1.00 e. The first-order valence-electron chi connectivity index (χ1n) is 3.89. The normalized spacial score (nSPS) is 18.9. The fourth-order valence-electron chi connectivity index (χ4n) is 1.30. The van der Waals surface area contributed by atoms with E-state index in [9.17, 15) is 4.79 Å². The average molecular weight is 191 g/mol. The van der Waals surface area contributed by atoms with Gasteiger partial charge in [0.15, 0.2) is 0 Å². The van der Waals surface area contributed by atoms with E-state index in [0.717, 1.165) is 31.3 Å². The molecule has 3 N–H and O–H groups in total. The van der Waals surface area contributed by atoms with Crippen molar-refractivity contribution in [3.8, 4) is 0 Å². The van der Waals surface area contributed by atoms with Crippen LogP contribution in [0.3, 0.4) is 0 Å². The first-order chi connectivity index (χ1) is 5.22. The van der Waals surface area contributed by atoms with E-state index in [1.165, 1.54) is 0 Å². The lowest BCUT2D eigenvalue weighted by Crippen LogP contribution is -3.00.